The van der Waals surface area contributed by atoms with E-state index < -0.39 is 0 Å². The van der Waals surface area contributed by atoms with Gasteiger partial charge in [-0.1, -0.05) is 24.3 Å². The molecule has 0 saturated carbocycles. The Morgan fingerprint density at radius 3 is 2.63 bits per heavy atom. The molecule has 0 heterocycles. The van der Waals surface area contributed by atoms with Crippen LogP contribution in [0.5, 0.6) is 11.5 Å². The zero-order chi connectivity index (χ0) is 13.7. The molecule has 0 aliphatic carbocycles. The summed E-state index contributed by atoms with van der Waals surface area (Å²) < 4.78 is 5.89. The Hall–Kier alpha value is -2.07. The van der Waals surface area contributed by atoms with Gasteiger partial charge >= 0.3 is 0 Å². The Balaban J connectivity index is 2.22. The summed E-state index contributed by atoms with van der Waals surface area (Å²) in [6.45, 7) is 2.03. The van der Waals surface area contributed by atoms with Crippen LogP contribution in [0, 0.1) is 6.92 Å². The Morgan fingerprint density at radius 2 is 1.89 bits per heavy atom. The minimum absolute atomic E-state index is 0.556. The second kappa shape index (κ2) is 6.20. The van der Waals surface area contributed by atoms with Gasteiger partial charge in [-0.3, -0.25) is 0 Å². The van der Waals surface area contributed by atoms with Crippen molar-refractivity contribution in [3.8, 4) is 11.5 Å². The van der Waals surface area contributed by atoms with Gasteiger partial charge in [0.25, 0.3) is 0 Å². The van der Waals surface area contributed by atoms with Gasteiger partial charge in [-0.15, -0.1) is 0 Å². The van der Waals surface area contributed by atoms with Crippen molar-refractivity contribution in [2.24, 2.45) is 0 Å². The predicted octanol–water partition coefficient (Wildman–Crippen LogP) is 3.70. The Labute approximate surface area is 118 Å². The van der Waals surface area contributed by atoms with Crippen molar-refractivity contribution in [1.29, 1.82) is 0 Å². The van der Waals surface area contributed by atoms with Crippen molar-refractivity contribution in [2.75, 3.05) is 12.4 Å². The fourth-order valence-corrected chi connectivity index (χ4v) is 1.76. The molecule has 98 valence electrons. The number of hydrogen-bond donors (Lipinski definition) is 2. The average Bonchev–Trinajstić information content (AvgIpc) is 2.41. The molecular formula is C15H16N2OS. The smallest absolute Gasteiger partial charge is 0.170 e. The third-order valence-corrected chi connectivity index (χ3v) is 2.89. The number of benzene rings is 2. The number of ether oxygens (including phenoxy) is 1. The molecule has 2 N–H and O–H groups in total. The highest BCUT2D eigenvalue weighted by molar-refractivity contribution is 7.80. The van der Waals surface area contributed by atoms with Gasteiger partial charge in [-0.2, -0.15) is 0 Å². The van der Waals surface area contributed by atoms with E-state index in [4.69, 9.17) is 17.0 Å². The van der Waals surface area contributed by atoms with Gasteiger partial charge in [0.05, 0.1) is 5.69 Å². The summed E-state index contributed by atoms with van der Waals surface area (Å²) in [6, 6.07) is 15.6. The fraction of sp³-hybridized carbons (Fsp3) is 0.133. The number of aryl methyl sites for hydroxylation is 1. The first kappa shape index (κ1) is 13.4. The first-order valence-electron chi connectivity index (χ1n) is 6.01. The number of rotatable bonds is 3. The van der Waals surface area contributed by atoms with Gasteiger partial charge in [0.2, 0.25) is 0 Å². The quantitative estimate of drug-likeness (QED) is 0.835. The summed E-state index contributed by atoms with van der Waals surface area (Å²) in [5.74, 6) is 1.55. The van der Waals surface area contributed by atoms with Crippen molar-refractivity contribution >= 4 is 23.0 Å². The highest BCUT2D eigenvalue weighted by Gasteiger charge is 2.05. The molecule has 0 spiro atoms. The van der Waals surface area contributed by atoms with Crippen LogP contribution >= 0.6 is 12.2 Å². The molecule has 0 atom stereocenters. The SMILES string of the molecule is CNC(=S)Nc1ccccc1Oc1cccc(C)c1. The van der Waals surface area contributed by atoms with E-state index in [-0.39, 0.29) is 0 Å². The minimum atomic E-state index is 0.556. The van der Waals surface area contributed by atoms with Crippen LogP contribution < -0.4 is 15.4 Å². The summed E-state index contributed by atoms with van der Waals surface area (Å²) in [4.78, 5) is 0. The van der Waals surface area contributed by atoms with E-state index in [9.17, 15) is 0 Å². The van der Waals surface area contributed by atoms with Crippen LogP contribution in [-0.4, -0.2) is 12.2 Å². The minimum Gasteiger partial charge on any atom is -0.455 e. The van der Waals surface area contributed by atoms with Gasteiger partial charge in [-0.05, 0) is 49.0 Å². The van der Waals surface area contributed by atoms with Crippen molar-refractivity contribution in [1.82, 2.24) is 5.32 Å². The lowest BCUT2D eigenvalue weighted by molar-refractivity contribution is 0.484. The van der Waals surface area contributed by atoms with Crippen LogP contribution in [0.3, 0.4) is 0 Å². The molecule has 2 aromatic carbocycles. The van der Waals surface area contributed by atoms with Crippen LogP contribution in [0.25, 0.3) is 0 Å². The monoisotopic (exact) mass is 272 g/mol. The van der Waals surface area contributed by atoms with E-state index in [2.05, 4.69) is 10.6 Å². The molecule has 0 amide bonds. The van der Waals surface area contributed by atoms with Crippen LogP contribution in [0.4, 0.5) is 5.69 Å². The van der Waals surface area contributed by atoms with Crippen molar-refractivity contribution in [2.45, 2.75) is 6.92 Å². The number of thiocarbonyl (C=S) groups is 1. The molecule has 2 aromatic rings. The van der Waals surface area contributed by atoms with Gasteiger partial charge < -0.3 is 15.4 Å². The maximum Gasteiger partial charge on any atom is 0.170 e. The lowest BCUT2D eigenvalue weighted by Crippen LogP contribution is -2.24. The summed E-state index contributed by atoms with van der Waals surface area (Å²) in [6.07, 6.45) is 0. The molecule has 2 rings (SSSR count). The molecule has 19 heavy (non-hydrogen) atoms. The molecule has 0 fully saturated rings. The molecule has 0 radical (unpaired) electrons. The van der Waals surface area contributed by atoms with Crippen LogP contribution in [0.2, 0.25) is 0 Å². The maximum atomic E-state index is 5.89. The Kier molecular flexibility index (Phi) is 4.36. The molecule has 0 bridgehead atoms. The standard InChI is InChI=1S/C15H16N2OS/c1-11-6-5-7-12(10-11)18-14-9-4-3-8-13(14)17-15(19)16-2/h3-10H,1-2H3,(H2,16,17,19). The van der Waals surface area contributed by atoms with E-state index >= 15 is 0 Å². The van der Waals surface area contributed by atoms with Crippen molar-refractivity contribution in [3.63, 3.8) is 0 Å². The lowest BCUT2D eigenvalue weighted by atomic mass is 10.2. The average molecular weight is 272 g/mol. The van der Waals surface area contributed by atoms with E-state index in [1.54, 1.807) is 7.05 Å². The highest BCUT2D eigenvalue weighted by Crippen LogP contribution is 2.29. The third-order valence-electron chi connectivity index (χ3n) is 2.58. The van der Waals surface area contributed by atoms with Crippen LogP contribution in [0.15, 0.2) is 48.5 Å². The van der Waals surface area contributed by atoms with Gasteiger partial charge in [0.1, 0.15) is 5.75 Å². The highest BCUT2D eigenvalue weighted by atomic mass is 32.1. The number of para-hydroxylation sites is 2. The summed E-state index contributed by atoms with van der Waals surface area (Å²) in [7, 11) is 1.78. The molecule has 0 aliphatic heterocycles. The van der Waals surface area contributed by atoms with Crippen LogP contribution in [0.1, 0.15) is 5.56 Å². The number of hydrogen-bond acceptors (Lipinski definition) is 2. The van der Waals surface area contributed by atoms with Gasteiger partial charge in [0.15, 0.2) is 10.9 Å². The lowest BCUT2D eigenvalue weighted by Gasteiger charge is -2.13. The zero-order valence-corrected chi connectivity index (χ0v) is 11.8. The third kappa shape index (κ3) is 3.69. The van der Waals surface area contributed by atoms with Crippen molar-refractivity contribution in [3.05, 3.63) is 54.1 Å². The second-order valence-corrected chi connectivity index (χ2v) is 4.53. The molecule has 3 nitrogen and oxygen atoms in total. The molecular weight excluding hydrogens is 256 g/mol. The largest absolute Gasteiger partial charge is 0.455 e. The van der Waals surface area contributed by atoms with Crippen molar-refractivity contribution < 1.29 is 4.74 Å². The van der Waals surface area contributed by atoms with E-state index in [0.717, 1.165) is 22.7 Å². The van der Waals surface area contributed by atoms with E-state index in [0.29, 0.717) is 5.11 Å². The molecule has 0 saturated heterocycles. The zero-order valence-electron chi connectivity index (χ0n) is 10.9. The summed E-state index contributed by atoms with van der Waals surface area (Å²) in [5, 5.41) is 6.52. The predicted molar refractivity (Wildman–Crippen MR) is 83.0 cm³/mol. The fourth-order valence-electron chi connectivity index (χ4n) is 1.65. The summed E-state index contributed by atoms with van der Waals surface area (Å²) >= 11 is 5.10. The maximum absolute atomic E-state index is 5.89. The molecule has 0 aromatic heterocycles. The molecule has 0 aliphatic rings. The Bertz CT molecular complexity index is 584. The number of nitrogens with one attached hydrogen (secondary N) is 2. The van der Waals surface area contributed by atoms with Crippen LogP contribution in [-0.2, 0) is 0 Å². The molecule has 0 unspecified atom stereocenters. The normalized spacial score (nSPS) is 9.79. The van der Waals surface area contributed by atoms with E-state index in [1.807, 2.05) is 55.5 Å². The second-order valence-electron chi connectivity index (χ2n) is 4.12. The first-order valence-corrected chi connectivity index (χ1v) is 6.42. The Morgan fingerprint density at radius 1 is 1.11 bits per heavy atom. The topological polar surface area (TPSA) is 33.3 Å². The number of anilines is 1. The van der Waals surface area contributed by atoms with Gasteiger partial charge in [0, 0.05) is 7.05 Å². The first-order chi connectivity index (χ1) is 9.19. The summed E-state index contributed by atoms with van der Waals surface area (Å²) in [5.41, 5.74) is 2.00. The molecule has 4 heteroatoms. The van der Waals surface area contributed by atoms with Gasteiger partial charge in [-0.25, -0.2) is 0 Å². The van der Waals surface area contributed by atoms with E-state index in [1.165, 1.54) is 0 Å².